The lowest BCUT2D eigenvalue weighted by Gasteiger charge is -2.13. The van der Waals surface area contributed by atoms with E-state index in [1.807, 2.05) is 0 Å². The van der Waals surface area contributed by atoms with E-state index in [9.17, 15) is 32.3 Å². The van der Waals surface area contributed by atoms with Crippen molar-refractivity contribution in [3.05, 3.63) is 93.1 Å². The van der Waals surface area contributed by atoms with Gasteiger partial charge >= 0.3 is 6.18 Å². The molecule has 14 heteroatoms. The fourth-order valence-electron chi connectivity index (χ4n) is 3.28. The highest BCUT2D eigenvalue weighted by molar-refractivity contribution is 7.19. The Morgan fingerprint density at radius 2 is 1.68 bits per heavy atom. The minimum atomic E-state index is -4.64. The molecule has 0 aliphatic rings. The van der Waals surface area contributed by atoms with Crippen molar-refractivity contribution in [2.45, 2.75) is 12.7 Å². The van der Waals surface area contributed by atoms with Crippen LogP contribution < -0.4 is 10.6 Å². The van der Waals surface area contributed by atoms with Crippen LogP contribution in [0.25, 0.3) is 10.6 Å². The Labute approximate surface area is 226 Å². The number of carbonyl (C=O) groups excluding carboxylic acids is 2. The van der Waals surface area contributed by atoms with Gasteiger partial charge in [0.2, 0.25) is 0 Å². The number of thiazole rings is 1. The zero-order valence-electron chi connectivity index (χ0n) is 18.7. The third-order valence-corrected chi connectivity index (χ3v) is 6.63. The molecule has 0 radical (unpaired) electrons. The van der Waals surface area contributed by atoms with Gasteiger partial charge in [-0.2, -0.15) is 13.2 Å². The fourth-order valence-corrected chi connectivity index (χ4v) is 4.70. The number of aromatic hydroxyl groups is 1. The third-order valence-electron chi connectivity index (χ3n) is 5.07. The standard InChI is InChI=1S/C24H14Cl2F4N4O3S/c25-14-9-16(32-19(26)18(14)35)20(36)34-23-17(33-22(38-23)12-6-2-4-8-15(12)27)21(37)31-10-11-5-1-3-7-13(11)24(28,29)30/h1-9,35H,10H2,(H,31,37)(H,34,36). The Hall–Kier alpha value is -3.74. The maximum absolute atomic E-state index is 14.4. The number of anilines is 1. The van der Waals surface area contributed by atoms with Crippen LogP contribution in [0.3, 0.4) is 0 Å². The van der Waals surface area contributed by atoms with E-state index in [0.29, 0.717) is 0 Å². The molecule has 38 heavy (non-hydrogen) atoms. The highest BCUT2D eigenvalue weighted by Crippen LogP contribution is 2.35. The topological polar surface area (TPSA) is 104 Å². The molecule has 0 unspecified atom stereocenters. The van der Waals surface area contributed by atoms with Gasteiger partial charge in [0.1, 0.15) is 21.5 Å². The van der Waals surface area contributed by atoms with Gasteiger partial charge in [-0.3, -0.25) is 9.59 Å². The van der Waals surface area contributed by atoms with Gasteiger partial charge in [-0.1, -0.05) is 64.9 Å². The van der Waals surface area contributed by atoms with Crippen LogP contribution in [0.4, 0.5) is 22.6 Å². The molecule has 0 saturated carbocycles. The molecule has 2 aromatic carbocycles. The third kappa shape index (κ3) is 5.87. The number of alkyl halides is 3. The Bertz CT molecular complexity index is 1520. The molecule has 4 rings (SSSR count). The molecule has 4 aromatic rings. The number of halogens is 6. The summed E-state index contributed by atoms with van der Waals surface area (Å²) in [6.07, 6.45) is -4.64. The molecule has 196 valence electrons. The number of nitrogens with zero attached hydrogens (tertiary/aromatic N) is 2. The van der Waals surface area contributed by atoms with Crippen LogP contribution in [0.15, 0.2) is 54.6 Å². The van der Waals surface area contributed by atoms with Crippen LogP contribution in [-0.4, -0.2) is 26.9 Å². The van der Waals surface area contributed by atoms with Gasteiger partial charge < -0.3 is 15.7 Å². The smallest absolute Gasteiger partial charge is 0.416 e. The fraction of sp³-hybridized carbons (Fsp3) is 0.0833. The Morgan fingerprint density at radius 3 is 2.37 bits per heavy atom. The summed E-state index contributed by atoms with van der Waals surface area (Å²) in [5.41, 5.74) is -1.78. The first kappa shape index (κ1) is 27.3. The van der Waals surface area contributed by atoms with E-state index in [1.165, 1.54) is 42.5 Å². The SMILES string of the molecule is O=C(Nc1sc(-c2ccccc2F)nc1C(=O)NCc1ccccc1C(F)(F)F)c1cc(Cl)c(O)c(Cl)n1. The molecule has 3 N–H and O–H groups in total. The molecule has 2 amide bonds. The van der Waals surface area contributed by atoms with Crippen LogP contribution in [0.5, 0.6) is 5.75 Å². The van der Waals surface area contributed by atoms with Crippen LogP contribution >= 0.6 is 34.5 Å². The summed E-state index contributed by atoms with van der Waals surface area (Å²) in [5, 5.41) is 13.6. The molecule has 2 aromatic heterocycles. The normalized spacial score (nSPS) is 11.3. The number of carbonyl (C=O) groups is 2. The molecule has 0 saturated heterocycles. The van der Waals surface area contributed by atoms with Gasteiger partial charge in [0.25, 0.3) is 11.8 Å². The van der Waals surface area contributed by atoms with Crippen molar-refractivity contribution in [1.29, 1.82) is 0 Å². The molecular formula is C24H14Cl2F4N4O3S. The Balaban J connectivity index is 1.67. The van der Waals surface area contributed by atoms with Gasteiger partial charge in [0.05, 0.1) is 10.6 Å². The molecule has 7 nitrogen and oxygen atoms in total. The molecule has 0 aliphatic heterocycles. The second-order valence-electron chi connectivity index (χ2n) is 7.60. The minimum Gasteiger partial charge on any atom is -0.504 e. The largest absolute Gasteiger partial charge is 0.504 e. The lowest BCUT2D eigenvalue weighted by molar-refractivity contribution is -0.138. The maximum atomic E-state index is 14.4. The van der Waals surface area contributed by atoms with Crippen molar-refractivity contribution >= 4 is 51.4 Å². The number of hydrogen-bond donors (Lipinski definition) is 3. The van der Waals surface area contributed by atoms with E-state index in [0.717, 1.165) is 23.5 Å². The Morgan fingerprint density at radius 1 is 1.00 bits per heavy atom. The summed E-state index contributed by atoms with van der Waals surface area (Å²) < 4.78 is 54.4. The summed E-state index contributed by atoms with van der Waals surface area (Å²) in [4.78, 5) is 33.7. The molecule has 0 aliphatic carbocycles. The average Bonchev–Trinajstić information content (AvgIpc) is 3.28. The number of amides is 2. The number of benzene rings is 2. The lowest BCUT2D eigenvalue weighted by atomic mass is 10.1. The number of rotatable bonds is 6. The van der Waals surface area contributed by atoms with Gasteiger partial charge in [-0.15, -0.1) is 0 Å². The number of hydrogen-bond acceptors (Lipinski definition) is 6. The van der Waals surface area contributed by atoms with E-state index < -0.39 is 46.8 Å². The molecule has 0 atom stereocenters. The van der Waals surface area contributed by atoms with Crippen molar-refractivity contribution in [2.24, 2.45) is 0 Å². The number of pyridine rings is 1. The van der Waals surface area contributed by atoms with E-state index in [-0.39, 0.29) is 37.5 Å². The van der Waals surface area contributed by atoms with Gasteiger partial charge in [0.15, 0.2) is 16.6 Å². The van der Waals surface area contributed by atoms with Crippen LogP contribution in [-0.2, 0) is 12.7 Å². The summed E-state index contributed by atoms with van der Waals surface area (Å²) in [7, 11) is 0. The van der Waals surface area contributed by atoms with E-state index >= 15 is 0 Å². The lowest BCUT2D eigenvalue weighted by Crippen LogP contribution is -2.26. The maximum Gasteiger partial charge on any atom is 0.416 e. The molecule has 2 heterocycles. The predicted molar refractivity (Wildman–Crippen MR) is 134 cm³/mol. The first-order chi connectivity index (χ1) is 18.0. The van der Waals surface area contributed by atoms with Crippen molar-refractivity contribution in [1.82, 2.24) is 15.3 Å². The molecule has 0 spiro atoms. The number of aromatic nitrogens is 2. The van der Waals surface area contributed by atoms with Gasteiger partial charge in [0, 0.05) is 12.1 Å². The van der Waals surface area contributed by atoms with Crippen molar-refractivity contribution in [3.63, 3.8) is 0 Å². The minimum absolute atomic E-state index is 0.0222. The van der Waals surface area contributed by atoms with Gasteiger partial charge in [-0.05, 0) is 29.8 Å². The van der Waals surface area contributed by atoms with Gasteiger partial charge in [-0.25, -0.2) is 14.4 Å². The average molecular weight is 585 g/mol. The predicted octanol–water partition coefficient (Wildman–Crippen LogP) is 6.56. The molecular weight excluding hydrogens is 571 g/mol. The van der Waals surface area contributed by atoms with E-state index in [1.54, 1.807) is 0 Å². The summed E-state index contributed by atoms with van der Waals surface area (Å²) in [5.74, 6) is -3.01. The zero-order valence-corrected chi connectivity index (χ0v) is 21.1. The highest BCUT2D eigenvalue weighted by Gasteiger charge is 2.33. The second-order valence-corrected chi connectivity index (χ2v) is 9.36. The van der Waals surface area contributed by atoms with Crippen LogP contribution in [0.2, 0.25) is 10.2 Å². The monoisotopic (exact) mass is 584 g/mol. The quantitative estimate of drug-likeness (QED) is 0.176. The molecule has 0 bridgehead atoms. The summed E-state index contributed by atoms with van der Waals surface area (Å²) in [6.45, 7) is -0.501. The molecule has 0 fully saturated rings. The summed E-state index contributed by atoms with van der Waals surface area (Å²) >= 11 is 12.4. The first-order valence-electron chi connectivity index (χ1n) is 10.5. The van der Waals surface area contributed by atoms with Crippen LogP contribution in [0, 0.1) is 5.82 Å². The van der Waals surface area contributed by atoms with E-state index in [2.05, 4.69) is 20.6 Å². The van der Waals surface area contributed by atoms with Crippen molar-refractivity contribution in [3.8, 4) is 16.3 Å². The summed E-state index contributed by atoms with van der Waals surface area (Å²) in [6, 6.07) is 11.3. The first-order valence-corrected chi connectivity index (χ1v) is 12.1. The van der Waals surface area contributed by atoms with E-state index in [4.69, 9.17) is 23.2 Å². The zero-order chi connectivity index (χ0) is 27.6. The Kier molecular flexibility index (Phi) is 7.86. The number of nitrogens with one attached hydrogen (secondary N) is 2. The second kappa shape index (κ2) is 10.9. The van der Waals surface area contributed by atoms with Crippen molar-refractivity contribution in [2.75, 3.05) is 5.32 Å². The van der Waals surface area contributed by atoms with Crippen LogP contribution in [0.1, 0.15) is 32.1 Å². The highest BCUT2D eigenvalue weighted by atomic mass is 35.5. The van der Waals surface area contributed by atoms with Crippen molar-refractivity contribution < 1.29 is 32.3 Å².